The molecule has 1 N–H and O–H groups in total. The molecule has 196 valence electrons. The first-order chi connectivity index (χ1) is 18.0. The number of amides is 1. The Balaban J connectivity index is 1.37. The second-order valence-corrected chi connectivity index (χ2v) is 9.85. The third kappa shape index (κ3) is 6.33. The molecular weight excluding hydrogens is 470 g/mol. The molecule has 0 aliphatic carbocycles. The minimum absolute atomic E-state index is 0.0201. The van der Waals surface area contributed by atoms with Crippen LogP contribution in [0.1, 0.15) is 29.6 Å². The summed E-state index contributed by atoms with van der Waals surface area (Å²) in [6.45, 7) is 5.48. The van der Waals surface area contributed by atoms with E-state index in [9.17, 15) is 4.79 Å². The van der Waals surface area contributed by atoms with Gasteiger partial charge in [-0.15, -0.1) is 0 Å². The lowest BCUT2D eigenvalue weighted by Gasteiger charge is -2.23. The summed E-state index contributed by atoms with van der Waals surface area (Å²) in [4.78, 5) is 17.3. The van der Waals surface area contributed by atoms with Crippen molar-refractivity contribution in [2.45, 2.75) is 45.2 Å². The largest absolute Gasteiger partial charge is 0.493 e. The molecule has 1 saturated heterocycles. The average Bonchev–Trinajstić information content (AvgIpc) is 3.49. The van der Waals surface area contributed by atoms with E-state index in [1.807, 2.05) is 66.5 Å². The van der Waals surface area contributed by atoms with Crippen LogP contribution in [0.4, 0.5) is 0 Å². The summed E-state index contributed by atoms with van der Waals surface area (Å²) in [6.07, 6.45) is 0.734. The van der Waals surface area contributed by atoms with E-state index in [1.165, 1.54) is 0 Å². The van der Waals surface area contributed by atoms with Crippen molar-refractivity contribution in [1.29, 1.82) is 0 Å². The second kappa shape index (κ2) is 11.4. The molecule has 1 fully saturated rings. The van der Waals surface area contributed by atoms with Gasteiger partial charge < -0.3 is 23.9 Å². The fourth-order valence-electron chi connectivity index (χ4n) is 5.00. The molecular formula is C29H35N3O5. The highest BCUT2D eigenvalue weighted by molar-refractivity contribution is 5.78. The normalized spacial score (nSPS) is 21.2. The van der Waals surface area contributed by atoms with Gasteiger partial charge in [-0.25, -0.2) is 0 Å². The van der Waals surface area contributed by atoms with Crippen LogP contribution >= 0.6 is 0 Å². The van der Waals surface area contributed by atoms with E-state index < -0.39 is 0 Å². The van der Waals surface area contributed by atoms with Crippen LogP contribution in [-0.4, -0.2) is 61.6 Å². The number of ether oxygens (including phenoxy) is 3. The number of benzene rings is 2. The maximum absolute atomic E-state index is 13.0. The zero-order chi connectivity index (χ0) is 25.8. The number of nitrogens with one attached hydrogen (secondary N) is 1. The maximum atomic E-state index is 13.0. The highest BCUT2D eigenvalue weighted by atomic mass is 16.5. The molecule has 3 aromatic rings. The van der Waals surface area contributed by atoms with Crippen LogP contribution in [0.15, 0.2) is 59.0 Å². The van der Waals surface area contributed by atoms with Crippen molar-refractivity contribution in [1.82, 2.24) is 15.1 Å². The molecule has 2 aromatic carbocycles. The third-order valence-electron chi connectivity index (χ3n) is 6.82. The first-order valence-corrected chi connectivity index (χ1v) is 12.8. The van der Waals surface area contributed by atoms with Gasteiger partial charge in [0.15, 0.2) is 11.5 Å². The molecule has 2 aliphatic heterocycles. The fourth-order valence-corrected chi connectivity index (χ4v) is 5.00. The topological polar surface area (TPSA) is 76.4 Å². The number of carbonyl (C=O) groups is 1. The van der Waals surface area contributed by atoms with Crippen LogP contribution in [0.25, 0.3) is 0 Å². The van der Waals surface area contributed by atoms with Crippen LogP contribution in [-0.2, 0) is 35.6 Å². The van der Waals surface area contributed by atoms with Crippen LogP contribution in [0.3, 0.4) is 0 Å². The number of nitrogens with zero attached hydrogens (tertiary/aromatic N) is 2. The molecule has 8 heteroatoms. The van der Waals surface area contributed by atoms with Gasteiger partial charge in [-0.05, 0) is 54.6 Å². The van der Waals surface area contributed by atoms with Gasteiger partial charge in [-0.2, -0.15) is 0 Å². The van der Waals surface area contributed by atoms with Gasteiger partial charge in [0, 0.05) is 26.1 Å². The van der Waals surface area contributed by atoms with Gasteiger partial charge in [0.2, 0.25) is 5.91 Å². The lowest BCUT2D eigenvalue weighted by atomic mass is 10.1. The molecule has 0 saturated carbocycles. The molecule has 1 amide bonds. The molecule has 0 unspecified atom stereocenters. The number of carbonyl (C=O) groups excluding carboxylic acids is 1. The van der Waals surface area contributed by atoms with Crippen molar-refractivity contribution in [3.63, 3.8) is 0 Å². The molecule has 8 nitrogen and oxygen atoms in total. The Labute approximate surface area is 218 Å². The number of fused-ring (bicyclic) bond motifs is 5. The van der Waals surface area contributed by atoms with Crippen LogP contribution in [0.5, 0.6) is 17.2 Å². The van der Waals surface area contributed by atoms with Crippen molar-refractivity contribution in [2.24, 2.45) is 0 Å². The lowest BCUT2D eigenvalue weighted by Crippen LogP contribution is -2.47. The van der Waals surface area contributed by atoms with Gasteiger partial charge in [0.05, 0.1) is 39.0 Å². The number of likely N-dealkylation sites (N-methyl/N-ethyl adjacent to an activating group) is 1. The molecule has 0 radical (unpaired) electrons. The summed E-state index contributed by atoms with van der Waals surface area (Å²) in [7, 11) is 3.57. The van der Waals surface area contributed by atoms with Crippen molar-refractivity contribution in [3.8, 4) is 17.2 Å². The van der Waals surface area contributed by atoms with Crippen molar-refractivity contribution in [2.75, 3.05) is 33.8 Å². The molecule has 0 spiro atoms. The Morgan fingerprint density at radius 1 is 1.03 bits per heavy atom. The van der Waals surface area contributed by atoms with E-state index in [4.69, 9.17) is 18.6 Å². The Hall–Kier alpha value is -3.33. The molecule has 37 heavy (non-hydrogen) atoms. The number of likely N-dealkylation sites (tertiary alicyclic amines) is 1. The molecule has 5 rings (SSSR count). The monoisotopic (exact) mass is 505 g/mol. The SMILES string of the molecule is CCc1ccc(CN2C[C@@H]3NC(=O)CN(C)Cc4ccc(OC)c(c4)Oc4cccc(c4)CO[C@H]3C2)o1. The van der Waals surface area contributed by atoms with Crippen molar-refractivity contribution < 1.29 is 23.4 Å². The maximum Gasteiger partial charge on any atom is 0.234 e. The third-order valence-corrected chi connectivity index (χ3v) is 6.82. The van der Waals surface area contributed by atoms with Gasteiger partial charge in [0.1, 0.15) is 17.3 Å². The second-order valence-electron chi connectivity index (χ2n) is 9.85. The smallest absolute Gasteiger partial charge is 0.234 e. The summed E-state index contributed by atoms with van der Waals surface area (Å²) in [5.41, 5.74) is 2.04. The predicted octanol–water partition coefficient (Wildman–Crippen LogP) is 3.97. The Morgan fingerprint density at radius 3 is 2.70 bits per heavy atom. The number of aryl methyl sites for hydroxylation is 1. The summed E-state index contributed by atoms with van der Waals surface area (Å²) in [5, 5.41) is 3.23. The van der Waals surface area contributed by atoms with E-state index in [2.05, 4.69) is 17.1 Å². The first kappa shape index (κ1) is 25.3. The Bertz CT molecular complexity index is 1230. The predicted molar refractivity (Wildman–Crippen MR) is 140 cm³/mol. The van der Waals surface area contributed by atoms with Gasteiger partial charge in [0.25, 0.3) is 0 Å². The highest BCUT2D eigenvalue weighted by Gasteiger charge is 2.35. The van der Waals surface area contributed by atoms with Gasteiger partial charge in [-0.3, -0.25) is 14.6 Å². The Morgan fingerprint density at radius 2 is 1.89 bits per heavy atom. The zero-order valence-electron chi connectivity index (χ0n) is 21.7. The average molecular weight is 506 g/mol. The highest BCUT2D eigenvalue weighted by Crippen LogP contribution is 2.33. The van der Waals surface area contributed by atoms with Crippen LogP contribution in [0, 0.1) is 0 Å². The van der Waals surface area contributed by atoms with Crippen LogP contribution < -0.4 is 14.8 Å². The standard InChI is InChI=1S/C29H35N3O5/c1-4-22-9-10-24(36-22)15-32-16-25-28(17-32)35-19-21-6-5-7-23(12-21)37-27-13-20(8-11-26(27)34-3)14-31(2)18-29(33)30-25/h5-13,25,28H,4,14-19H2,1-3H3,(H,30,33)/t25-,28-/m0/s1. The molecule has 2 atom stereocenters. The fraction of sp³-hybridized carbons (Fsp3) is 0.414. The van der Waals surface area contributed by atoms with E-state index in [1.54, 1.807) is 7.11 Å². The van der Waals surface area contributed by atoms with Gasteiger partial charge in [-0.1, -0.05) is 25.1 Å². The minimum atomic E-state index is -0.139. The number of hydrogen-bond donors (Lipinski definition) is 1. The van der Waals surface area contributed by atoms with Crippen molar-refractivity contribution in [3.05, 3.63) is 77.2 Å². The van der Waals surface area contributed by atoms with Crippen LogP contribution in [0.2, 0.25) is 0 Å². The zero-order valence-corrected chi connectivity index (χ0v) is 21.7. The van der Waals surface area contributed by atoms with Crippen molar-refractivity contribution >= 4 is 5.91 Å². The molecule has 1 aromatic heterocycles. The van der Waals surface area contributed by atoms with E-state index >= 15 is 0 Å². The molecule has 4 bridgehead atoms. The Kier molecular flexibility index (Phi) is 7.79. The summed E-state index contributed by atoms with van der Waals surface area (Å²) < 4.78 is 24.0. The van der Waals surface area contributed by atoms with Gasteiger partial charge >= 0.3 is 0 Å². The van der Waals surface area contributed by atoms with E-state index in [0.29, 0.717) is 44.3 Å². The summed E-state index contributed by atoms with van der Waals surface area (Å²) in [5.74, 6) is 3.91. The minimum Gasteiger partial charge on any atom is -0.493 e. The first-order valence-electron chi connectivity index (χ1n) is 12.8. The van der Waals surface area contributed by atoms with E-state index in [-0.39, 0.29) is 24.6 Å². The molecule has 3 heterocycles. The van der Waals surface area contributed by atoms with E-state index in [0.717, 1.165) is 34.8 Å². The number of hydrogen-bond acceptors (Lipinski definition) is 7. The number of rotatable bonds is 4. The quantitative estimate of drug-likeness (QED) is 0.575. The summed E-state index contributed by atoms with van der Waals surface area (Å²) >= 11 is 0. The molecule has 2 aliphatic rings. The number of furan rings is 1. The number of methoxy groups -OCH3 is 1. The lowest BCUT2D eigenvalue weighted by molar-refractivity contribution is -0.123. The summed E-state index contributed by atoms with van der Waals surface area (Å²) in [6, 6.07) is 17.7.